The van der Waals surface area contributed by atoms with Crippen molar-refractivity contribution in [2.45, 2.75) is 26.7 Å². The van der Waals surface area contributed by atoms with Crippen molar-refractivity contribution < 1.29 is 4.79 Å². The van der Waals surface area contributed by atoms with E-state index in [0.717, 1.165) is 45.6 Å². The Morgan fingerprint density at radius 2 is 1.05 bits per heavy atom. The number of amides is 1. The second-order valence-corrected chi connectivity index (χ2v) is 9.71. The zero-order chi connectivity index (χ0) is 27.0. The molecular weight excluding hydrogens is 482 g/mol. The molecule has 0 aliphatic heterocycles. The molecule has 0 aliphatic rings. The average molecular weight is 514 g/mol. The summed E-state index contributed by atoms with van der Waals surface area (Å²) in [7, 11) is 0. The van der Waals surface area contributed by atoms with Crippen LogP contribution in [0.25, 0.3) is 22.8 Å². The molecule has 0 radical (unpaired) electrons. The second kappa shape index (κ2) is 12.2. The van der Waals surface area contributed by atoms with Crippen molar-refractivity contribution in [1.82, 2.24) is 25.3 Å². The molecular formula is C33H31N5O. The molecule has 194 valence electrons. The van der Waals surface area contributed by atoms with Crippen LogP contribution in [0.2, 0.25) is 0 Å². The van der Waals surface area contributed by atoms with Gasteiger partial charge in [-0.3, -0.25) is 24.7 Å². The highest BCUT2D eigenvalue weighted by molar-refractivity contribution is 5.94. The van der Waals surface area contributed by atoms with Crippen LogP contribution in [0.5, 0.6) is 0 Å². The van der Waals surface area contributed by atoms with E-state index in [1.165, 1.54) is 0 Å². The van der Waals surface area contributed by atoms with E-state index in [4.69, 9.17) is 9.97 Å². The van der Waals surface area contributed by atoms with Crippen LogP contribution < -0.4 is 5.32 Å². The van der Waals surface area contributed by atoms with Crippen molar-refractivity contribution in [3.8, 4) is 22.8 Å². The Labute approximate surface area is 229 Å². The molecule has 5 aromatic rings. The van der Waals surface area contributed by atoms with Crippen molar-refractivity contribution >= 4 is 5.91 Å². The Hall–Kier alpha value is -4.71. The van der Waals surface area contributed by atoms with Crippen LogP contribution in [-0.2, 0) is 12.8 Å². The van der Waals surface area contributed by atoms with Crippen LogP contribution in [-0.4, -0.2) is 32.4 Å². The monoisotopic (exact) mass is 513 g/mol. The molecule has 0 fully saturated rings. The number of benzene rings is 1. The van der Waals surface area contributed by atoms with Gasteiger partial charge in [0.05, 0.1) is 22.8 Å². The number of aromatic nitrogens is 4. The van der Waals surface area contributed by atoms with Gasteiger partial charge in [0.2, 0.25) is 0 Å². The minimum absolute atomic E-state index is 0.0825. The van der Waals surface area contributed by atoms with Crippen LogP contribution in [0.3, 0.4) is 0 Å². The summed E-state index contributed by atoms with van der Waals surface area (Å²) < 4.78 is 0. The smallest absolute Gasteiger partial charge is 0.251 e. The van der Waals surface area contributed by atoms with Gasteiger partial charge in [-0.25, -0.2) is 0 Å². The summed E-state index contributed by atoms with van der Waals surface area (Å²) in [5.41, 5.74) is 7.84. The lowest BCUT2D eigenvalue weighted by atomic mass is 9.96. The Morgan fingerprint density at radius 1 is 0.590 bits per heavy atom. The fraction of sp³-hybridized carbons (Fsp3) is 0.182. The van der Waals surface area contributed by atoms with E-state index in [1.54, 1.807) is 0 Å². The first-order valence-corrected chi connectivity index (χ1v) is 13.2. The van der Waals surface area contributed by atoms with Crippen LogP contribution in [0.15, 0.2) is 103 Å². The average Bonchev–Trinajstić information content (AvgIpc) is 2.96. The van der Waals surface area contributed by atoms with Gasteiger partial charge in [0.1, 0.15) is 0 Å². The summed E-state index contributed by atoms with van der Waals surface area (Å²) in [6.45, 7) is 4.45. The second-order valence-electron chi connectivity index (χ2n) is 9.71. The standard InChI is InChI=1S/C33H31N5O/c1-23-10-6-16-29(35-23)31-18-8-14-27(37-31)20-25(22-34-33(39)26-12-4-3-5-13-26)21-28-15-9-19-32(38-28)30-17-7-11-24(2)36-30/h3-19,25H,20-22H2,1-2H3,(H,34,39). The number of rotatable bonds is 9. The molecule has 0 saturated carbocycles. The molecule has 0 spiro atoms. The van der Waals surface area contributed by atoms with Crippen LogP contribution in [0, 0.1) is 19.8 Å². The normalized spacial score (nSPS) is 10.9. The lowest BCUT2D eigenvalue weighted by molar-refractivity contribution is 0.0946. The van der Waals surface area contributed by atoms with E-state index in [9.17, 15) is 4.79 Å². The fourth-order valence-electron chi connectivity index (χ4n) is 4.58. The molecule has 0 saturated heterocycles. The lowest BCUT2D eigenvalue weighted by Gasteiger charge is -2.18. The van der Waals surface area contributed by atoms with Gasteiger partial charge in [-0.1, -0.05) is 42.5 Å². The molecule has 6 nitrogen and oxygen atoms in total. The van der Waals surface area contributed by atoms with E-state index >= 15 is 0 Å². The van der Waals surface area contributed by atoms with E-state index in [-0.39, 0.29) is 11.8 Å². The van der Waals surface area contributed by atoms with Gasteiger partial charge in [0, 0.05) is 34.9 Å². The van der Waals surface area contributed by atoms with Gasteiger partial charge in [-0.15, -0.1) is 0 Å². The summed E-state index contributed by atoms with van der Waals surface area (Å²) in [4.78, 5) is 31.9. The molecule has 4 heterocycles. The van der Waals surface area contributed by atoms with Crippen LogP contribution in [0.1, 0.15) is 33.1 Å². The van der Waals surface area contributed by atoms with Crippen molar-refractivity contribution in [1.29, 1.82) is 0 Å². The Morgan fingerprint density at radius 3 is 1.54 bits per heavy atom. The number of aryl methyl sites for hydroxylation is 2. The fourth-order valence-corrected chi connectivity index (χ4v) is 4.58. The number of carbonyl (C=O) groups is 1. The summed E-state index contributed by atoms with van der Waals surface area (Å²) in [6, 6.07) is 33.3. The number of nitrogens with one attached hydrogen (secondary N) is 1. The van der Waals surface area contributed by atoms with Gasteiger partial charge in [-0.05, 0) is 93.3 Å². The Kier molecular flexibility index (Phi) is 8.12. The molecule has 6 heteroatoms. The highest BCUT2D eigenvalue weighted by Gasteiger charge is 2.16. The Balaban J connectivity index is 1.38. The SMILES string of the molecule is Cc1cccc(-c2cccc(CC(CNC(=O)c3ccccc3)Cc3cccc(-c4cccc(C)n4)n3)n2)n1. The summed E-state index contributed by atoms with van der Waals surface area (Å²) in [5, 5.41) is 3.13. The topological polar surface area (TPSA) is 80.7 Å². The number of carbonyl (C=O) groups excluding carboxylic acids is 1. The minimum atomic E-state index is -0.0862. The molecule has 0 atom stereocenters. The summed E-state index contributed by atoms with van der Waals surface area (Å²) in [6.07, 6.45) is 1.37. The lowest BCUT2D eigenvalue weighted by Crippen LogP contribution is -2.31. The molecule has 0 unspecified atom stereocenters. The van der Waals surface area contributed by atoms with E-state index in [1.807, 2.05) is 117 Å². The first kappa shape index (κ1) is 25.9. The third kappa shape index (κ3) is 6.99. The molecule has 4 aromatic heterocycles. The molecule has 0 bridgehead atoms. The zero-order valence-electron chi connectivity index (χ0n) is 22.2. The quantitative estimate of drug-likeness (QED) is 0.260. The maximum absolute atomic E-state index is 12.8. The van der Waals surface area contributed by atoms with Crippen molar-refractivity contribution in [2.24, 2.45) is 5.92 Å². The van der Waals surface area contributed by atoms with Crippen molar-refractivity contribution in [2.75, 3.05) is 6.54 Å². The summed E-state index contributed by atoms with van der Waals surface area (Å²) >= 11 is 0. The number of pyridine rings is 4. The van der Waals surface area contributed by atoms with Gasteiger partial charge in [0.25, 0.3) is 5.91 Å². The predicted molar refractivity (Wildman–Crippen MR) is 154 cm³/mol. The number of hydrogen-bond donors (Lipinski definition) is 1. The van der Waals surface area contributed by atoms with E-state index < -0.39 is 0 Å². The van der Waals surface area contributed by atoms with Crippen LogP contribution >= 0.6 is 0 Å². The molecule has 1 N–H and O–H groups in total. The van der Waals surface area contributed by atoms with Crippen molar-refractivity contribution in [3.05, 3.63) is 131 Å². The van der Waals surface area contributed by atoms with Gasteiger partial charge >= 0.3 is 0 Å². The van der Waals surface area contributed by atoms with Crippen molar-refractivity contribution in [3.63, 3.8) is 0 Å². The molecule has 0 aliphatic carbocycles. The Bertz CT molecular complexity index is 1480. The maximum Gasteiger partial charge on any atom is 0.251 e. The number of nitrogens with zero attached hydrogens (tertiary/aromatic N) is 4. The molecule has 1 aromatic carbocycles. The number of hydrogen-bond acceptors (Lipinski definition) is 5. The first-order chi connectivity index (χ1) is 19.0. The highest BCUT2D eigenvalue weighted by atomic mass is 16.1. The predicted octanol–water partition coefficient (Wildman–Crippen LogP) is 6.05. The van der Waals surface area contributed by atoms with E-state index in [2.05, 4.69) is 15.3 Å². The minimum Gasteiger partial charge on any atom is -0.352 e. The molecule has 1 amide bonds. The zero-order valence-corrected chi connectivity index (χ0v) is 22.2. The highest BCUT2D eigenvalue weighted by Crippen LogP contribution is 2.20. The largest absolute Gasteiger partial charge is 0.352 e. The third-order valence-electron chi connectivity index (χ3n) is 6.50. The van der Waals surface area contributed by atoms with E-state index in [0.29, 0.717) is 24.9 Å². The van der Waals surface area contributed by atoms with Gasteiger partial charge in [0.15, 0.2) is 0 Å². The summed E-state index contributed by atoms with van der Waals surface area (Å²) in [5.74, 6) is -0.00367. The maximum atomic E-state index is 12.8. The molecule has 5 rings (SSSR count). The molecule has 39 heavy (non-hydrogen) atoms. The first-order valence-electron chi connectivity index (χ1n) is 13.2. The van der Waals surface area contributed by atoms with Crippen LogP contribution in [0.4, 0.5) is 0 Å². The van der Waals surface area contributed by atoms with Gasteiger partial charge < -0.3 is 5.32 Å². The van der Waals surface area contributed by atoms with Gasteiger partial charge in [-0.2, -0.15) is 0 Å². The third-order valence-corrected chi connectivity index (χ3v) is 6.50.